The van der Waals surface area contributed by atoms with Crippen molar-refractivity contribution >= 4 is 0 Å². The van der Waals surface area contributed by atoms with E-state index in [4.69, 9.17) is 0 Å². The lowest BCUT2D eigenvalue weighted by molar-refractivity contribution is -0.0867. The summed E-state index contributed by atoms with van der Waals surface area (Å²) in [5.74, 6) is 5.98. The molecule has 0 spiro atoms. The fourth-order valence-corrected chi connectivity index (χ4v) is 9.05. The molecule has 0 amide bonds. The average molecular weight is 419 g/mol. The van der Waals surface area contributed by atoms with Crippen LogP contribution in [-0.4, -0.2) is 11.2 Å². The summed E-state index contributed by atoms with van der Waals surface area (Å²) < 4.78 is 0. The molecule has 1 nitrogen and oxygen atoms in total. The Balaban J connectivity index is 1.72. The average Bonchev–Trinajstić information content (AvgIpc) is 3.06. The SMILES string of the molecule is CC[C@H]1C[C@@](C)([C@H]2CC[C@]3(C)[C@@H]([C@H](C)CCCC(C)C)CC[C@H]3[C@@H]2CC)CC[C@H]1O. The smallest absolute Gasteiger partial charge is 0.0568 e. The van der Waals surface area contributed by atoms with E-state index >= 15 is 0 Å². The molecule has 1 N–H and O–H groups in total. The van der Waals surface area contributed by atoms with Crippen molar-refractivity contribution in [3.05, 3.63) is 0 Å². The van der Waals surface area contributed by atoms with Gasteiger partial charge in [0.2, 0.25) is 0 Å². The van der Waals surface area contributed by atoms with E-state index in [1.54, 1.807) is 0 Å². The van der Waals surface area contributed by atoms with Gasteiger partial charge in [0.1, 0.15) is 0 Å². The lowest BCUT2D eigenvalue weighted by Gasteiger charge is -2.56. The predicted octanol–water partition coefficient (Wildman–Crippen LogP) is 8.49. The van der Waals surface area contributed by atoms with Crippen molar-refractivity contribution in [1.29, 1.82) is 0 Å². The largest absolute Gasteiger partial charge is 0.393 e. The zero-order chi connectivity index (χ0) is 22.1. The van der Waals surface area contributed by atoms with Gasteiger partial charge in [0.25, 0.3) is 0 Å². The van der Waals surface area contributed by atoms with Crippen LogP contribution in [0.5, 0.6) is 0 Å². The minimum Gasteiger partial charge on any atom is -0.393 e. The quantitative estimate of drug-likeness (QED) is 0.419. The van der Waals surface area contributed by atoms with Crippen LogP contribution in [0.3, 0.4) is 0 Å². The standard InChI is InChI=1S/C29H54O/c1-8-22-19-28(6,17-16-27(22)30)25-15-18-29(7)24(13-14-26(29)23(25)9-2)21(5)12-10-11-20(3)4/h20-27,30H,8-19H2,1-7H3/t21-,22+,23-,24-,25+,26+,27-,28+,29-/m1/s1. The van der Waals surface area contributed by atoms with Gasteiger partial charge in [-0.1, -0.05) is 80.6 Å². The van der Waals surface area contributed by atoms with E-state index in [-0.39, 0.29) is 6.10 Å². The molecule has 0 aromatic carbocycles. The molecule has 0 bridgehead atoms. The van der Waals surface area contributed by atoms with Crippen molar-refractivity contribution in [1.82, 2.24) is 0 Å². The minimum absolute atomic E-state index is 0.0421. The molecule has 3 aliphatic carbocycles. The molecule has 0 aliphatic heterocycles. The molecule has 0 heterocycles. The normalized spacial score (nSPS) is 45.5. The van der Waals surface area contributed by atoms with Crippen LogP contribution < -0.4 is 0 Å². The maximum absolute atomic E-state index is 10.5. The molecule has 0 aromatic rings. The molecule has 3 fully saturated rings. The predicted molar refractivity (Wildman–Crippen MR) is 130 cm³/mol. The summed E-state index contributed by atoms with van der Waals surface area (Å²) >= 11 is 0. The monoisotopic (exact) mass is 418 g/mol. The van der Waals surface area contributed by atoms with E-state index in [0.717, 1.165) is 48.3 Å². The lowest BCUT2D eigenvalue weighted by atomic mass is 9.49. The van der Waals surface area contributed by atoms with Gasteiger partial charge < -0.3 is 5.11 Å². The Kier molecular flexibility index (Phi) is 8.07. The van der Waals surface area contributed by atoms with Gasteiger partial charge in [-0.2, -0.15) is 0 Å². The summed E-state index contributed by atoms with van der Waals surface area (Å²) in [6.45, 7) is 17.4. The van der Waals surface area contributed by atoms with Gasteiger partial charge in [0.15, 0.2) is 0 Å². The van der Waals surface area contributed by atoms with Crippen LogP contribution in [0.25, 0.3) is 0 Å². The van der Waals surface area contributed by atoms with Crippen LogP contribution in [0.4, 0.5) is 0 Å². The van der Waals surface area contributed by atoms with E-state index in [1.807, 2.05) is 0 Å². The van der Waals surface area contributed by atoms with E-state index < -0.39 is 0 Å². The van der Waals surface area contributed by atoms with E-state index in [1.165, 1.54) is 64.2 Å². The zero-order valence-corrected chi connectivity index (χ0v) is 21.6. The second-order valence-corrected chi connectivity index (χ2v) is 12.9. The third kappa shape index (κ3) is 4.67. The van der Waals surface area contributed by atoms with Crippen LogP contribution >= 0.6 is 0 Å². The number of aliphatic hydroxyl groups is 1. The third-order valence-electron chi connectivity index (χ3n) is 10.8. The van der Waals surface area contributed by atoms with Gasteiger partial charge in [-0.25, -0.2) is 0 Å². The first-order valence-electron chi connectivity index (χ1n) is 13.8. The summed E-state index contributed by atoms with van der Waals surface area (Å²) in [5, 5.41) is 10.5. The van der Waals surface area contributed by atoms with E-state index in [2.05, 4.69) is 48.5 Å². The minimum atomic E-state index is -0.0421. The van der Waals surface area contributed by atoms with Crippen molar-refractivity contribution in [2.45, 2.75) is 132 Å². The van der Waals surface area contributed by atoms with Crippen LogP contribution in [0.1, 0.15) is 126 Å². The molecule has 0 aromatic heterocycles. The van der Waals surface area contributed by atoms with Crippen LogP contribution in [0.15, 0.2) is 0 Å². The second kappa shape index (κ2) is 9.84. The maximum atomic E-state index is 10.5. The summed E-state index contributed by atoms with van der Waals surface area (Å²) in [5.41, 5.74) is 1.05. The van der Waals surface area contributed by atoms with Gasteiger partial charge in [0, 0.05) is 0 Å². The first-order valence-corrected chi connectivity index (χ1v) is 13.8. The zero-order valence-electron chi connectivity index (χ0n) is 21.6. The first-order chi connectivity index (χ1) is 14.2. The summed E-state index contributed by atoms with van der Waals surface area (Å²) in [6.07, 6.45) is 16.2. The highest BCUT2D eigenvalue weighted by Crippen LogP contribution is 2.65. The first kappa shape index (κ1) is 24.6. The Morgan fingerprint density at radius 3 is 2.23 bits per heavy atom. The van der Waals surface area contributed by atoms with Gasteiger partial charge >= 0.3 is 0 Å². The number of rotatable bonds is 8. The van der Waals surface area contributed by atoms with Crippen molar-refractivity contribution in [2.75, 3.05) is 0 Å². The van der Waals surface area contributed by atoms with E-state index in [9.17, 15) is 5.11 Å². The topological polar surface area (TPSA) is 20.2 Å². The fraction of sp³-hybridized carbons (Fsp3) is 1.00. The number of aliphatic hydroxyl groups excluding tert-OH is 1. The molecule has 0 unspecified atom stereocenters. The van der Waals surface area contributed by atoms with Crippen molar-refractivity contribution in [3.8, 4) is 0 Å². The molecule has 0 saturated heterocycles. The highest BCUT2D eigenvalue weighted by Gasteiger charge is 2.57. The number of hydrogen-bond donors (Lipinski definition) is 1. The molecule has 176 valence electrons. The Labute approximate surface area is 189 Å². The third-order valence-corrected chi connectivity index (χ3v) is 10.8. The van der Waals surface area contributed by atoms with Crippen molar-refractivity contribution in [2.24, 2.45) is 52.3 Å². The van der Waals surface area contributed by atoms with Gasteiger partial charge in [-0.15, -0.1) is 0 Å². The van der Waals surface area contributed by atoms with Gasteiger partial charge in [-0.05, 0) is 97.2 Å². The van der Waals surface area contributed by atoms with Crippen LogP contribution in [-0.2, 0) is 0 Å². The van der Waals surface area contributed by atoms with Crippen LogP contribution in [0, 0.1) is 52.3 Å². The Morgan fingerprint density at radius 2 is 1.60 bits per heavy atom. The van der Waals surface area contributed by atoms with Crippen LogP contribution in [0.2, 0.25) is 0 Å². The second-order valence-electron chi connectivity index (χ2n) is 12.9. The highest BCUT2D eigenvalue weighted by atomic mass is 16.3. The molecule has 3 saturated carbocycles. The summed E-state index contributed by atoms with van der Waals surface area (Å²) in [6, 6.07) is 0. The van der Waals surface area contributed by atoms with Gasteiger partial charge in [-0.3, -0.25) is 0 Å². The Morgan fingerprint density at radius 1 is 0.867 bits per heavy atom. The molecule has 3 rings (SSSR count). The van der Waals surface area contributed by atoms with Crippen molar-refractivity contribution in [3.63, 3.8) is 0 Å². The lowest BCUT2D eigenvalue weighted by Crippen LogP contribution is -2.49. The molecule has 0 radical (unpaired) electrons. The maximum Gasteiger partial charge on any atom is 0.0568 e. The number of fused-ring (bicyclic) bond motifs is 1. The Hall–Kier alpha value is -0.0400. The highest BCUT2D eigenvalue weighted by molar-refractivity contribution is 5.06. The summed E-state index contributed by atoms with van der Waals surface area (Å²) in [7, 11) is 0. The molecule has 1 heteroatoms. The molecule has 30 heavy (non-hydrogen) atoms. The molecular weight excluding hydrogens is 364 g/mol. The van der Waals surface area contributed by atoms with Crippen molar-refractivity contribution < 1.29 is 5.11 Å². The molecular formula is C29H54O. The number of hydrogen-bond acceptors (Lipinski definition) is 1. The molecule has 9 atom stereocenters. The Bertz CT molecular complexity index is 540. The summed E-state index contributed by atoms with van der Waals surface area (Å²) in [4.78, 5) is 0. The van der Waals surface area contributed by atoms with E-state index in [0.29, 0.717) is 16.7 Å². The van der Waals surface area contributed by atoms with Gasteiger partial charge in [0.05, 0.1) is 6.10 Å². The fourth-order valence-electron chi connectivity index (χ4n) is 9.05. The molecule has 3 aliphatic rings.